The van der Waals surface area contributed by atoms with Crippen molar-refractivity contribution in [3.8, 4) is 27.9 Å². The van der Waals surface area contributed by atoms with E-state index < -0.39 is 0 Å². The minimum atomic E-state index is 0.816. The molecular formula is C54H34N2O2. The van der Waals surface area contributed by atoms with Gasteiger partial charge in [-0.3, -0.25) is 0 Å². The summed E-state index contributed by atoms with van der Waals surface area (Å²) in [6.07, 6.45) is 0. The number of nitrogens with zero attached hydrogens (tertiary/aromatic N) is 2. The van der Waals surface area contributed by atoms with E-state index in [0.717, 1.165) is 77.7 Å². The third-order valence-electron chi connectivity index (χ3n) is 11.6. The zero-order chi connectivity index (χ0) is 38.2. The Bertz CT molecular complexity index is 3350. The zero-order valence-electron chi connectivity index (χ0n) is 31.3. The van der Waals surface area contributed by atoms with Crippen LogP contribution in [0.25, 0.3) is 93.6 Å². The molecule has 3 heterocycles. The summed E-state index contributed by atoms with van der Waals surface area (Å²) >= 11 is 0. The minimum Gasteiger partial charge on any atom is -0.456 e. The first-order valence-corrected chi connectivity index (χ1v) is 19.7. The van der Waals surface area contributed by atoms with Gasteiger partial charge in [-0.05, 0) is 89.0 Å². The van der Waals surface area contributed by atoms with Gasteiger partial charge in [0.2, 0.25) is 0 Å². The van der Waals surface area contributed by atoms with Gasteiger partial charge in [-0.1, -0.05) is 140 Å². The van der Waals surface area contributed by atoms with Crippen molar-refractivity contribution in [1.82, 2.24) is 4.57 Å². The van der Waals surface area contributed by atoms with Gasteiger partial charge in [0.15, 0.2) is 5.58 Å². The fraction of sp³-hybridized carbons (Fsp3) is 0. The highest BCUT2D eigenvalue weighted by molar-refractivity contribution is 6.23. The third kappa shape index (κ3) is 5.02. The summed E-state index contributed by atoms with van der Waals surface area (Å²) in [6, 6.07) is 73.0. The maximum absolute atomic E-state index is 7.03. The Kier molecular flexibility index (Phi) is 7.20. The van der Waals surface area contributed by atoms with Crippen LogP contribution in [0.3, 0.4) is 0 Å². The van der Waals surface area contributed by atoms with Crippen molar-refractivity contribution in [3.63, 3.8) is 0 Å². The highest BCUT2D eigenvalue weighted by Crippen LogP contribution is 2.46. The van der Waals surface area contributed by atoms with Crippen LogP contribution in [0.1, 0.15) is 0 Å². The molecule has 0 aliphatic carbocycles. The van der Waals surface area contributed by atoms with Gasteiger partial charge >= 0.3 is 0 Å². The van der Waals surface area contributed by atoms with Crippen molar-refractivity contribution in [3.05, 3.63) is 206 Å². The van der Waals surface area contributed by atoms with E-state index in [9.17, 15) is 0 Å². The van der Waals surface area contributed by atoms with Crippen LogP contribution in [-0.2, 0) is 0 Å². The van der Waals surface area contributed by atoms with Gasteiger partial charge in [0.1, 0.15) is 22.4 Å². The molecule has 4 nitrogen and oxygen atoms in total. The summed E-state index contributed by atoms with van der Waals surface area (Å²) < 4.78 is 16.1. The molecule has 0 spiro atoms. The van der Waals surface area contributed by atoms with Gasteiger partial charge in [0, 0.05) is 44.0 Å². The molecule has 0 radical (unpaired) electrons. The Hall–Kier alpha value is -7.82. The van der Waals surface area contributed by atoms with E-state index in [4.69, 9.17) is 8.83 Å². The zero-order valence-corrected chi connectivity index (χ0v) is 31.3. The van der Waals surface area contributed by atoms with Gasteiger partial charge in [0.25, 0.3) is 0 Å². The highest BCUT2D eigenvalue weighted by atomic mass is 16.3. The fourth-order valence-electron chi connectivity index (χ4n) is 8.91. The van der Waals surface area contributed by atoms with Crippen LogP contribution in [0.4, 0.5) is 17.1 Å². The normalized spacial score (nSPS) is 11.8. The number of furan rings is 2. The molecule has 272 valence electrons. The molecule has 12 rings (SSSR count). The number of anilines is 3. The van der Waals surface area contributed by atoms with Crippen LogP contribution in [0.15, 0.2) is 215 Å². The number of fused-ring (bicyclic) bond motifs is 9. The number of aromatic nitrogens is 1. The van der Waals surface area contributed by atoms with E-state index in [1.807, 2.05) is 12.1 Å². The molecule has 0 amide bonds. The SMILES string of the molecule is c1ccc(-c2ccc(N(c3ccc(-c4ccccc4)cc3)c3ccc4oc5c(-n6c7ccccc7c7ccccc76)c6c(cc5c4c3)oc3ccccc36)cc2)cc1. The van der Waals surface area contributed by atoms with Crippen molar-refractivity contribution in [1.29, 1.82) is 0 Å². The molecule has 58 heavy (non-hydrogen) atoms. The van der Waals surface area contributed by atoms with Gasteiger partial charge in [0.05, 0.1) is 16.4 Å². The number of benzene rings is 9. The summed E-state index contributed by atoms with van der Waals surface area (Å²) in [6.45, 7) is 0. The molecule has 0 fully saturated rings. The first-order chi connectivity index (χ1) is 28.8. The van der Waals surface area contributed by atoms with Gasteiger partial charge in [-0.25, -0.2) is 0 Å². The Morgan fingerprint density at radius 2 is 0.810 bits per heavy atom. The Morgan fingerprint density at radius 3 is 1.41 bits per heavy atom. The molecule has 9 aromatic carbocycles. The molecule has 12 aromatic rings. The lowest BCUT2D eigenvalue weighted by atomic mass is 10.0. The van der Waals surface area contributed by atoms with Gasteiger partial charge in [-0.2, -0.15) is 0 Å². The van der Waals surface area contributed by atoms with Crippen molar-refractivity contribution in [2.24, 2.45) is 0 Å². The second-order valence-corrected chi connectivity index (χ2v) is 14.9. The van der Waals surface area contributed by atoms with E-state index in [0.29, 0.717) is 0 Å². The third-order valence-corrected chi connectivity index (χ3v) is 11.6. The molecule has 4 heteroatoms. The van der Waals surface area contributed by atoms with Crippen molar-refractivity contribution in [2.45, 2.75) is 0 Å². The molecule has 0 atom stereocenters. The predicted molar refractivity (Wildman–Crippen MR) is 241 cm³/mol. The van der Waals surface area contributed by atoms with Crippen LogP contribution in [-0.4, -0.2) is 4.57 Å². The predicted octanol–water partition coefficient (Wildman–Crippen LogP) is 15.4. The number of hydrogen-bond donors (Lipinski definition) is 0. The summed E-state index contributed by atoms with van der Waals surface area (Å²) in [5.74, 6) is 0. The van der Waals surface area contributed by atoms with E-state index in [-0.39, 0.29) is 0 Å². The van der Waals surface area contributed by atoms with E-state index in [1.54, 1.807) is 0 Å². The summed E-state index contributed by atoms with van der Waals surface area (Å²) in [5, 5.41) is 6.50. The lowest BCUT2D eigenvalue weighted by molar-refractivity contribution is 0.662. The molecule has 0 aliphatic rings. The first-order valence-electron chi connectivity index (χ1n) is 19.7. The molecule has 0 unspecified atom stereocenters. The topological polar surface area (TPSA) is 34.5 Å². The molecule has 0 saturated carbocycles. The lowest BCUT2D eigenvalue weighted by Crippen LogP contribution is -2.09. The Labute approximate surface area is 334 Å². The molecule has 0 saturated heterocycles. The van der Waals surface area contributed by atoms with Crippen LogP contribution in [0, 0.1) is 0 Å². The van der Waals surface area contributed by atoms with Crippen molar-refractivity contribution >= 4 is 82.7 Å². The summed E-state index contributed by atoms with van der Waals surface area (Å²) in [4.78, 5) is 2.33. The summed E-state index contributed by atoms with van der Waals surface area (Å²) in [7, 11) is 0. The molecule has 3 aromatic heterocycles. The largest absolute Gasteiger partial charge is 0.456 e. The van der Waals surface area contributed by atoms with Crippen LogP contribution >= 0.6 is 0 Å². The standard InChI is InChI=1S/C54H34N2O2/c1-3-13-35(14-4-1)37-23-27-39(28-24-37)55(40-29-25-38(26-30-40)36-15-5-2-6-16-36)41-31-32-50-45(33-41)46-34-51-52(44-19-9-12-22-49(44)57-51)53(54(46)58-50)56-47-20-10-7-17-42(47)43-18-8-11-21-48(43)56/h1-34H. The average Bonchev–Trinajstić information content (AvgIpc) is 3.96. The number of rotatable bonds is 6. The second kappa shape index (κ2) is 12.9. The van der Waals surface area contributed by atoms with Crippen molar-refractivity contribution < 1.29 is 8.83 Å². The van der Waals surface area contributed by atoms with Gasteiger partial charge in [-0.15, -0.1) is 0 Å². The summed E-state index contributed by atoms with van der Waals surface area (Å²) in [5.41, 5.74) is 14.4. The maximum atomic E-state index is 7.03. The van der Waals surface area contributed by atoms with E-state index in [1.165, 1.54) is 33.0 Å². The first kappa shape index (κ1) is 32.4. The fourth-order valence-corrected chi connectivity index (χ4v) is 8.91. The lowest BCUT2D eigenvalue weighted by Gasteiger charge is -2.26. The minimum absolute atomic E-state index is 0.816. The smallest absolute Gasteiger partial charge is 0.160 e. The van der Waals surface area contributed by atoms with E-state index >= 15 is 0 Å². The van der Waals surface area contributed by atoms with E-state index in [2.05, 4.69) is 204 Å². The molecule has 0 N–H and O–H groups in total. The van der Waals surface area contributed by atoms with Crippen LogP contribution in [0.2, 0.25) is 0 Å². The number of hydrogen-bond acceptors (Lipinski definition) is 3. The average molecular weight is 743 g/mol. The second-order valence-electron chi connectivity index (χ2n) is 14.9. The molecular weight excluding hydrogens is 709 g/mol. The van der Waals surface area contributed by atoms with Crippen LogP contribution < -0.4 is 4.90 Å². The van der Waals surface area contributed by atoms with Gasteiger partial charge < -0.3 is 18.3 Å². The highest BCUT2D eigenvalue weighted by Gasteiger charge is 2.25. The van der Waals surface area contributed by atoms with Crippen molar-refractivity contribution in [2.75, 3.05) is 4.90 Å². The maximum Gasteiger partial charge on any atom is 0.160 e. The van der Waals surface area contributed by atoms with Crippen LogP contribution in [0.5, 0.6) is 0 Å². The molecule has 0 aliphatic heterocycles. The monoisotopic (exact) mass is 742 g/mol. The molecule has 0 bridgehead atoms. The Morgan fingerprint density at radius 1 is 0.328 bits per heavy atom. The Balaban J connectivity index is 1.10. The quantitative estimate of drug-likeness (QED) is 0.170. The number of para-hydroxylation sites is 3.